The summed E-state index contributed by atoms with van der Waals surface area (Å²) in [5.74, 6) is 0.308. The van der Waals surface area contributed by atoms with E-state index in [-0.39, 0.29) is 0 Å². The lowest BCUT2D eigenvalue weighted by Crippen LogP contribution is -1.96. The molecule has 0 saturated heterocycles. The van der Waals surface area contributed by atoms with E-state index in [1.807, 2.05) is 5.38 Å². The summed E-state index contributed by atoms with van der Waals surface area (Å²) in [7, 11) is 0. The SMILES string of the molecule is Nc1ncc(Cc2nccs2)cn1. The first-order chi connectivity index (χ1) is 6.34. The largest absolute Gasteiger partial charge is 0.368 e. The molecule has 0 aromatic carbocycles. The van der Waals surface area contributed by atoms with Crippen molar-refractivity contribution in [3.05, 3.63) is 34.5 Å². The highest BCUT2D eigenvalue weighted by Crippen LogP contribution is 2.10. The number of anilines is 1. The molecule has 0 saturated carbocycles. The maximum atomic E-state index is 5.36. The van der Waals surface area contributed by atoms with Crippen LogP contribution < -0.4 is 5.73 Å². The van der Waals surface area contributed by atoms with Gasteiger partial charge >= 0.3 is 0 Å². The predicted molar refractivity (Wildman–Crippen MR) is 51.4 cm³/mol. The van der Waals surface area contributed by atoms with Gasteiger partial charge in [-0.25, -0.2) is 15.0 Å². The van der Waals surface area contributed by atoms with E-state index in [4.69, 9.17) is 5.73 Å². The van der Waals surface area contributed by atoms with E-state index >= 15 is 0 Å². The minimum atomic E-state index is 0.308. The number of hydrogen-bond acceptors (Lipinski definition) is 5. The number of rotatable bonds is 2. The molecule has 13 heavy (non-hydrogen) atoms. The van der Waals surface area contributed by atoms with E-state index < -0.39 is 0 Å². The molecule has 4 nitrogen and oxygen atoms in total. The molecule has 0 bridgehead atoms. The van der Waals surface area contributed by atoms with Crippen molar-refractivity contribution in [3.8, 4) is 0 Å². The van der Waals surface area contributed by atoms with Gasteiger partial charge in [0.15, 0.2) is 0 Å². The molecular formula is C8H8N4S. The fourth-order valence-corrected chi connectivity index (χ4v) is 1.62. The van der Waals surface area contributed by atoms with Gasteiger partial charge in [-0.05, 0) is 5.56 Å². The van der Waals surface area contributed by atoms with E-state index in [2.05, 4.69) is 15.0 Å². The Morgan fingerprint density at radius 1 is 1.23 bits per heavy atom. The molecular weight excluding hydrogens is 184 g/mol. The van der Waals surface area contributed by atoms with Crippen molar-refractivity contribution in [2.24, 2.45) is 0 Å². The van der Waals surface area contributed by atoms with Crippen LogP contribution in [-0.2, 0) is 6.42 Å². The van der Waals surface area contributed by atoms with E-state index in [9.17, 15) is 0 Å². The number of thiazole rings is 1. The number of nitrogens with zero attached hydrogens (tertiary/aromatic N) is 3. The van der Waals surface area contributed by atoms with E-state index in [1.165, 1.54) is 0 Å². The second-order valence-corrected chi connectivity index (χ2v) is 3.53. The second kappa shape index (κ2) is 3.49. The van der Waals surface area contributed by atoms with Crippen LogP contribution in [0, 0.1) is 0 Å². The molecule has 0 atom stereocenters. The first kappa shape index (κ1) is 8.12. The van der Waals surface area contributed by atoms with E-state index in [0.717, 1.165) is 17.0 Å². The highest BCUT2D eigenvalue weighted by Gasteiger charge is 1.98. The van der Waals surface area contributed by atoms with Crippen molar-refractivity contribution in [1.82, 2.24) is 15.0 Å². The van der Waals surface area contributed by atoms with Crippen LogP contribution in [0.25, 0.3) is 0 Å². The maximum absolute atomic E-state index is 5.36. The molecule has 0 radical (unpaired) electrons. The molecule has 2 aromatic heterocycles. The minimum absolute atomic E-state index is 0.308. The Bertz CT molecular complexity index is 368. The van der Waals surface area contributed by atoms with Crippen LogP contribution in [0.1, 0.15) is 10.6 Å². The number of aromatic nitrogens is 3. The zero-order valence-electron chi connectivity index (χ0n) is 6.84. The molecule has 2 aromatic rings. The molecule has 0 fully saturated rings. The lowest BCUT2D eigenvalue weighted by atomic mass is 10.2. The average Bonchev–Trinajstić information content (AvgIpc) is 2.62. The Kier molecular flexibility index (Phi) is 2.18. The zero-order chi connectivity index (χ0) is 9.10. The first-order valence-electron chi connectivity index (χ1n) is 3.79. The summed E-state index contributed by atoms with van der Waals surface area (Å²) in [5, 5.41) is 3.02. The van der Waals surface area contributed by atoms with Crippen molar-refractivity contribution in [1.29, 1.82) is 0 Å². The normalized spacial score (nSPS) is 10.2. The van der Waals surface area contributed by atoms with E-state index in [1.54, 1.807) is 29.9 Å². The number of hydrogen-bond donors (Lipinski definition) is 1. The molecule has 2 N–H and O–H groups in total. The van der Waals surface area contributed by atoms with E-state index in [0.29, 0.717) is 5.95 Å². The molecule has 0 amide bonds. The summed E-state index contributed by atoms with van der Waals surface area (Å²) in [6, 6.07) is 0. The fraction of sp³-hybridized carbons (Fsp3) is 0.125. The van der Waals surface area contributed by atoms with Gasteiger partial charge in [0, 0.05) is 30.4 Å². The smallest absolute Gasteiger partial charge is 0.219 e. The maximum Gasteiger partial charge on any atom is 0.219 e. The molecule has 0 aliphatic carbocycles. The summed E-state index contributed by atoms with van der Waals surface area (Å²) in [6.07, 6.45) is 6.02. The van der Waals surface area contributed by atoms with Gasteiger partial charge in [-0.3, -0.25) is 0 Å². The van der Waals surface area contributed by atoms with Gasteiger partial charge < -0.3 is 5.73 Å². The molecule has 5 heteroatoms. The number of nitrogens with two attached hydrogens (primary N) is 1. The van der Waals surface area contributed by atoms with Crippen LogP contribution in [0.3, 0.4) is 0 Å². The summed E-state index contributed by atoms with van der Waals surface area (Å²) >= 11 is 1.62. The Morgan fingerprint density at radius 3 is 2.62 bits per heavy atom. The van der Waals surface area contributed by atoms with Gasteiger partial charge in [-0.2, -0.15) is 0 Å². The molecule has 0 aliphatic rings. The molecule has 2 heterocycles. The third-order valence-corrected chi connectivity index (χ3v) is 2.34. The van der Waals surface area contributed by atoms with Crippen molar-refractivity contribution in [2.45, 2.75) is 6.42 Å². The molecule has 0 spiro atoms. The topological polar surface area (TPSA) is 64.7 Å². The highest BCUT2D eigenvalue weighted by atomic mass is 32.1. The van der Waals surface area contributed by atoms with Gasteiger partial charge in [0.25, 0.3) is 0 Å². The third-order valence-electron chi connectivity index (χ3n) is 1.56. The highest BCUT2D eigenvalue weighted by molar-refractivity contribution is 7.09. The molecule has 66 valence electrons. The van der Waals surface area contributed by atoms with Crippen molar-refractivity contribution >= 4 is 17.3 Å². The number of nitrogen functional groups attached to an aromatic ring is 1. The van der Waals surface area contributed by atoms with Crippen LogP contribution in [0.5, 0.6) is 0 Å². The van der Waals surface area contributed by atoms with Crippen LogP contribution in [-0.4, -0.2) is 15.0 Å². The standard InChI is InChI=1S/C8H8N4S/c9-8-11-4-6(5-12-8)3-7-10-1-2-13-7/h1-2,4-5H,3H2,(H2,9,11,12). The second-order valence-electron chi connectivity index (χ2n) is 2.55. The lowest BCUT2D eigenvalue weighted by Gasteiger charge is -1.96. The predicted octanol–water partition coefficient (Wildman–Crippen LogP) is 1.11. The summed E-state index contributed by atoms with van der Waals surface area (Å²) < 4.78 is 0. The lowest BCUT2D eigenvalue weighted by molar-refractivity contribution is 1.06. The minimum Gasteiger partial charge on any atom is -0.368 e. The van der Waals surface area contributed by atoms with Crippen molar-refractivity contribution in [2.75, 3.05) is 5.73 Å². The Labute approximate surface area is 79.5 Å². The average molecular weight is 192 g/mol. The monoisotopic (exact) mass is 192 g/mol. The van der Waals surface area contributed by atoms with Crippen LogP contribution in [0.2, 0.25) is 0 Å². The Balaban J connectivity index is 2.15. The third kappa shape index (κ3) is 2.00. The fourth-order valence-electron chi connectivity index (χ4n) is 0.971. The Hall–Kier alpha value is -1.49. The van der Waals surface area contributed by atoms with Gasteiger partial charge in [0.05, 0.1) is 5.01 Å². The van der Waals surface area contributed by atoms with Crippen molar-refractivity contribution < 1.29 is 0 Å². The summed E-state index contributed by atoms with van der Waals surface area (Å²) in [6.45, 7) is 0. The van der Waals surface area contributed by atoms with Crippen molar-refractivity contribution in [3.63, 3.8) is 0 Å². The quantitative estimate of drug-likeness (QED) is 0.774. The van der Waals surface area contributed by atoms with Crippen LogP contribution in [0.15, 0.2) is 24.0 Å². The van der Waals surface area contributed by atoms with Crippen LogP contribution in [0.4, 0.5) is 5.95 Å². The van der Waals surface area contributed by atoms with Gasteiger partial charge in [0.1, 0.15) is 0 Å². The summed E-state index contributed by atoms with van der Waals surface area (Å²) in [4.78, 5) is 12.0. The molecule has 0 unspecified atom stereocenters. The van der Waals surface area contributed by atoms with Gasteiger partial charge in [-0.1, -0.05) is 0 Å². The van der Waals surface area contributed by atoms with Crippen LogP contribution >= 0.6 is 11.3 Å². The van der Waals surface area contributed by atoms with Gasteiger partial charge in [-0.15, -0.1) is 11.3 Å². The Morgan fingerprint density at radius 2 is 2.00 bits per heavy atom. The first-order valence-corrected chi connectivity index (χ1v) is 4.67. The summed E-state index contributed by atoms with van der Waals surface area (Å²) in [5.41, 5.74) is 6.40. The molecule has 2 rings (SSSR count). The van der Waals surface area contributed by atoms with Gasteiger partial charge in [0.2, 0.25) is 5.95 Å². The molecule has 0 aliphatic heterocycles. The zero-order valence-corrected chi connectivity index (χ0v) is 7.66.